The van der Waals surface area contributed by atoms with E-state index < -0.39 is 35.3 Å². The predicted octanol–water partition coefficient (Wildman–Crippen LogP) is 4.80. The van der Waals surface area contributed by atoms with Crippen LogP contribution in [0.2, 0.25) is 0 Å². The van der Waals surface area contributed by atoms with E-state index in [1.807, 2.05) is 0 Å². The normalized spacial score (nSPS) is 12.0. The molecule has 0 aliphatic carbocycles. The molecular formula is C20H21ClF6N3O2+. The lowest BCUT2D eigenvalue weighted by molar-refractivity contribution is -0.874. The lowest BCUT2D eigenvalue weighted by atomic mass is 10.2. The molecule has 2 aromatic carbocycles. The van der Waals surface area contributed by atoms with Crippen molar-refractivity contribution < 1.29 is 40.4 Å². The molecule has 0 aliphatic heterocycles. The number of carbonyl (C=O) groups is 2. The van der Waals surface area contributed by atoms with Crippen molar-refractivity contribution in [3.63, 3.8) is 0 Å². The van der Waals surface area contributed by atoms with E-state index in [-0.39, 0.29) is 41.4 Å². The van der Waals surface area contributed by atoms with Gasteiger partial charge in [0.25, 0.3) is 11.8 Å². The summed E-state index contributed by atoms with van der Waals surface area (Å²) in [7, 11) is 3.05. The Labute approximate surface area is 186 Å². The lowest BCUT2D eigenvalue weighted by Crippen LogP contribution is -2.49. The van der Waals surface area contributed by atoms with Crippen molar-refractivity contribution >= 4 is 35.6 Å². The third-order valence-corrected chi connectivity index (χ3v) is 4.09. The molecule has 0 saturated carbocycles. The standard InChI is InChI=1S/C20H19F6N3O2.ClH/c1-29(2,11-17(30)27-15-7-3-5-13(9-15)19(21,22)23)12-18(31)28-16-8-4-6-14(10-16)20(24,25)26;/h3-10H,11-12H2,1-2H3,(H-,27,28,30,31);1H/p+1. The lowest BCUT2D eigenvalue weighted by Gasteiger charge is -2.28. The molecule has 2 rings (SSSR count). The van der Waals surface area contributed by atoms with Crippen molar-refractivity contribution in [3.8, 4) is 0 Å². The van der Waals surface area contributed by atoms with Crippen LogP contribution in [0.1, 0.15) is 11.1 Å². The Bertz CT molecular complexity index is 885. The summed E-state index contributed by atoms with van der Waals surface area (Å²) < 4.78 is 76.4. The molecule has 12 heteroatoms. The van der Waals surface area contributed by atoms with Crippen LogP contribution in [0.15, 0.2) is 48.5 Å². The summed E-state index contributed by atoms with van der Waals surface area (Å²) in [5, 5.41) is 4.69. The Balaban J connectivity index is 0.00000512. The van der Waals surface area contributed by atoms with E-state index in [9.17, 15) is 35.9 Å². The zero-order valence-electron chi connectivity index (χ0n) is 17.0. The molecule has 2 N–H and O–H groups in total. The predicted molar refractivity (Wildman–Crippen MR) is 109 cm³/mol. The first-order valence-electron chi connectivity index (χ1n) is 8.92. The van der Waals surface area contributed by atoms with Crippen LogP contribution in [0.5, 0.6) is 0 Å². The van der Waals surface area contributed by atoms with Gasteiger partial charge < -0.3 is 15.1 Å². The molecule has 0 unspecified atom stereocenters. The van der Waals surface area contributed by atoms with Crippen molar-refractivity contribution in [3.05, 3.63) is 59.7 Å². The molecule has 176 valence electrons. The first-order valence-corrected chi connectivity index (χ1v) is 8.92. The smallest absolute Gasteiger partial charge is 0.321 e. The summed E-state index contributed by atoms with van der Waals surface area (Å²) >= 11 is 0. The number of hydrogen-bond acceptors (Lipinski definition) is 2. The van der Waals surface area contributed by atoms with Gasteiger partial charge >= 0.3 is 12.4 Å². The van der Waals surface area contributed by atoms with Gasteiger partial charge in [0, 0.05) is 11.4 Å². The summed E-state index contributed by atoms with van der Waals surface area (Å²) in [5.74, 6) is -1.26. The number of benzene rings is 2. The van der Waals surface area contributed by atoms with Crippen LogP contribution >= 0.6 is 12.4 Å². The second kappa shape index (κ2) is 10.2. The topological polar surface area (TPSA) is 58.2 Å². The number of alkyl halides is 6. The molecule has 0 heterocycles. The summed E-state index contributed by atoms with van der Waals surface area (Å²) in [6.45, 7) is -0.515. The first-order chi connectivity index (χ1) is 14.2. The van der Waals surface area contributed by atoms with Gasteiger partial charge in [-0.15, -0.1) is 12.4 Å². The Morgan fingerprint density at radius 1 is 0.750 bits per heavy atom. The Kier molecular flexibility index (Phi) is 8.70. The number of quaternary nitrogens is 1. The number of anilines is 2. The Hall–Kier alpha value is -2.79. The summed E-state index contributed by atoms with van der Waals surface area (Å²) in [5.41, 5.74) is -1.93. The highest BCUT2D eigenvalue weighted by atomic mass is 35.5. The van der Waals surface area contributed by atoms with E-state index in [4.69, 9.17) is 0 Å². The van der Waals surface area contributed by atoms with E-state index in [2.05, 4.69) is 10.6 Å². The van der Waals surface area contributed by atoms with E-state index in [1.54, 1.807) is 0 Å². The molecule has 2 aromatic rings. The molecule has 0 spiro atoms. The molecule has 0 fully saturated rings. The molecule has 5 nitrogen and oxygen atoms in total. The van der Waals surface area contributed by atoms with Crippen LogP contribution in [0.3, 0.4) is 0 Å². The van der Waals surface area contributed by atoms with Crippen LogP contribution < -0.4 is 10.6 Å². The minimum atomic E-state index is -4.56. The van der Waals surface area contributed by atoms with Gasteiger partial charge in [0.2, 0.25) is 0 Å². The fraction of sp³-hybridized carbons (Fsp3) is 0.300. The monoisotopic (exact) mass is 484 g/mol. The zero-order valence-corrected chi connectivity index (χ0v) is 17.8. The molecule has 0 aromatic heterocycles. The van der Waals surface area contributed by atoms with Gasteiger partial charge in [-0.1, -0.05) is 12.1 Å². The van der Waals surface area contributed by atoms with E-state index in [1.165, 1.54) is 26.2 Å². The van der Waals surface area contributed by atoms with E-state index in [0.29, 0.717) is 0 Å². The summed E-state index contributed by atoms with van der Waals surface area (Å²) in [4.78, 5) is 24.4. The van der Waals surface area contributed by atoms with Gasteiger partial charge in [0.05, 0.1) is 25.2 Å². The van der Waals surface area contributed by atoms with Crippen molar-refractivity contribution in [2.75, 3.05) is 37.8 Å². The SMILES string of the molecule is C[N+](C)(CC(=O)Nc1cccc(C(F)(F)F)c1)CC(=O)Nc1cccc(C(F)(F)F)c1.Cl. The minimum absolute atomic E-state index is 0. The van der Waals surface area contributed by atoms with Crippen LogP contribution in [0.4, 0.5) is 37.7 Å². The van der Waals surface area contributed by atoms with Crippen LogP contribution in [0, 0.1) is 0 Å². The third kappa shape index (κ3) is 8.39. The molecular weight excluding hydrogens is 464 g/mol. The first kappa shape index (κ1) is 27.2. The molecule has 0 radical (unpaired) electrons. The second-order valence-corrected chi connectivity index (χ2v) is 7.51. The number of rotatable bonds is 6. The Morgan fingerprint density at radius 3 is 1.41 bits per heavy atom. The maximum Gasteiger partial charge on any atom is 0.416 e. The van der Waals surface area contributed by atoms with Crippen LogP contribution in [0.25, 0.3) is 0 Å². The van der Waals surface area contributed by atoms with Crippen molar-refractivity contribution in [2.24, 2.45) is 0 Å². The van der Waals surface area contributed by atoms with Crippen LogP contribution in [-0.2, 0) is 21.9 Å². The van der Waals surface area contributed by atoms with E-state index in [0.717, 1.165) is 36.4 Å². The number of nitrogens with zero attached hydrogens (tertiary/aromatic N) is 1. The second-order valence-electron chi connectivity index (χ2n) is 7.51. The molecule has 0 aliphatic rings. The number of hydrogen-bond donors (Lipinski definition) is 2. The maximum atomic E-state index is 12.8. The van der Waals surface area contributed by atoms with Gasteiger partial charge in [-0.3, -0.25) is 9.59 Å². The molecule has 0 atom stereocenters. The molecule has 32 heavy (non-hydrogen) atoms. The van der Waals surface area contributed by atoms with Gasteiger partial charge in [-0.05, 0) is 36.4 Å². The fourth-order valence-corrected chi connectivity index (χ4v) is 2.78. The average molecular weight is 485 g/mol. The zero-order chi connectivity index (χ0) is 23.4. The highest BCUT2D eigenvalue weighted by Gasteiger charge is 2.32. The number of likely N-dealkylation sites (N-methyl/N-ethyl adjacent to an activating group) is 1. The van der Waals surface area contributed by atoms with Crippen molar-refractivity contribution in [1.29, 1.82) is 0 Å². The van der Waals surface area contributed by atoms with Crippen molar-refractivity contribution in [1.82, 2.24) is 0 Å². The number of carbonyl (C=O) groups excluding carboxylic acids is 2. The molecule has 2 amide bonds. The third-order valence-electron chi connectivity index (χ3n) is 4.09. The van der Waals surface area contributed by atoms with Gasteiger partial charge in [0.1, 0.15) is 0 Å². The minimum Gasteiger partial charge on any atom is -0.321 e. The molecule has 0 saturated heterocycles. The molecule has 0 bridgehead atoms. The fourth-order valence-electron chi connectivity index (χ4n) is 2.78. The summed E-state index contributed by atoms with van der Waals surface area (Å²) in [6.07, 6.45) is -9.12. The highest BCUT2D eigenvalue weighted by molar-refractivity contribution is 5.93. The highest BCUT2D eigenvalue weighted by Crippen LogP contribution is 2.31. The number of amides is 2. The summed E-state index contributed by atoms with van der Waals surface area (Å²) in [6, 6.07) is 8.22. The largest absolute Gasteiger partial charge is 0.416 e. The van der Waals surface area contributed by atoms with Crippen molar-refractivity contribution in [2.45, 2.75) is 12.4 Å². The quantitative estimate of drug-likeness (QED) is 0.457. The number of halogens is 7. The van der Waals surface area contributed by atoms with E-state index >= 15 is 0 Å². The van der Waals surface area contributed by atoms with Crippen LogP contribution in [-0.4, -0.2) is 43.5 Å². The Morgan fingerprint density at radius 2 is 1.09 bits per heavy atom. The van der Waals surface area contributed by atoms with Gasteiger partial charge in [-0.2, -0.15) is 26.3 Å². The number of nitrogens with one attached hydrogen (secondary N) is 2. The van der Waals surface area contributed by atoms with Gasteiger partial charge in [-0.25, -0.2) is 0 Å². The average Bonchev–Trinajstić information content (AvgIpc) is 2.59. The maximum absolute atomic E-state index is 12.8. The van der Waals surface area contributed by atoms with Gasteiger partial charge in [0.15, 0.2) is 13.1 Å².